The highest BCUT2D eigenvalue weighted by atomic mass is 35.5. The zero-order chi connectivity index (χ0) is 25.4. The third-order valence-electron chi connectivity index (χ3n) is 6.28. The van der Waals surface area contributed by atoms with Crippen LogP contribution in [0, 0.1) is 0 Å². The second-order valence-electron chi connectivity index (χ2n) is 8.98. The molecule has 0 atom stereocenters. The molecule has 1 aromatic heterocycles. The van der Waals surface area contributed by atoms with Gasteiger partial charge in [0.05, 0.1) is 5.56 Å². The Morgan fingerprint density at radius 2 is 1.57 bits per heavy atom. The first-order valence-electron chi connectivity index (χ1n) is 12.7. The molecule has 2 aromatic rings. The Balaban J connectivity index is 1.84. The number of sulfonamides is 1. The monoisotopic (exact) mass is 523 g/mol. The van der Waals surface area contributed by atoms with Crippen LogP contribution in [0.5, 0.6) is 0 Å². The van der Waals surface area contributed by atoms with E-state index in [0.29, 0.717) is 50.8 Å². The van der Waals surface area contributed by atoms with Gasteiger partial charge in [-0.25, -0.2) is 8.42 Å². The Kier molecular flexibility index (Phi) is 10.0. The largest absolute Gasteiger partial charge is 0.369 e. The maximum atomic E-state index is 13.7. The summed E-state index contributed by atoms with van der Waals surface area (Å²) < 4.78 is 30.5. The molecule has 1 amide bonds. The molecule has 1 saturated heterocycles. The number of piperazine rings is 1. The van der Waals surface area contributed by atoms with Crippen LogP contribution in [0.3, 0.4) is 0 Å². The van der Waals surface area contributed by atoms with Gasteiger partial charge in [0.25, 0.3) is 15.9 Å². The molecule has 35 heavy (non-hydrogen) atoms. The van der Waals surface area contributed by atoms with Gasteiger partial charge in [0.2, 0.25) is 5.03 Å². The fourth-order valence-corrected chi connectivity index (χ4v) is 5.87. The molecule has 0 radical (unpaired) electrons. The molecule has 0 bridgehead atoms. The summed E-state index contributed by atoms with van der Waals surface area (Å²) in [7, 11) is -3.92. The van der Waals surface area contributed by atoms with Crippen molar-refractivity contribution in [3.05, 3.63) is 41.0 Å². The molecule has 0 N–H and O–H groups in total. The highest BCUT2D eigenvalue weighted by Crippen LogP contribution is 2.25. The van der Waals surface area contributed by atoms with Crippen molar-refractivity contribution in [1.82, 2.24) is 19.0 Å². The van der Waals surface area contributed by atoms with Crippen molar-refractivity contribution in [2.24, 2.45) is 0 Å². The van der Waals surface area contributed by atoms with Gasteiger partial charge < -0.3 is 9.80 Å². The molecule has 1 aliphatic rings. The maximum absolute atomic E-state index is 13.7. The summed E-state index contributed by atoms with van der Waals surface area (Å²) in [5.74, 6) is -0.243. The lowest BCUT2D eigenvalue weighted by Crippen LogP contribution is -2.49. The number of rotatable bonds is 12. The molecular weight excluding hydrogens is 486 g/mol. The zero-order valence-corrected chi connectivity index (χ0v) is 22.7. The minimum absolute atomic E-state index is 0.117. The summed E-state index contributed by atoms with van der Waals surface area (Å²) in [6, 6.07) is 7.55. The predicted octanol–water partition coefficient (Wildman–Crippen LogP) is 4.50. The molecule has 8 nitrogen and oxygen atoms in total. The van der Waals surface area contributed by atoms with Crippen molar-refractivity contribution in [2.75, 3.05) is 44.2 Å². The van der Waals surface area contributed by atoms with Gasteiger partial charge in [-0.3, -0.25) is 9.48 Å². The van der Waals surface area contributed by atoms with E-state index in [4.69, 9.17) is 11.6 Å². The van der Waals surface area contributed by atoms with Crippen molar-refractivity contribution in [2.45, 2.75) is 64.4 Å². The lowest BCUT2D eigenvalue weighted by atomic mass is 10.2. The van der Waals surface area contributed by atoms with Crippen LogP contribution in [-0.2, 0) is 16.6 Å². The highest BCUT2D eigenvalue weighted by Gasteiger charge is 2.35. The predicted molar refractivity (Wildman–Crippen MR) is 141 cm³/mol. The number of halogens is 1. The first-order chi connectivity index (χ1) is 16.8. The average molecular weight is 524 g/mol. The first-order valence-corrected chi connectivity index (χ1v) is 14.5. The molecule has 2 heterocycles. The third kappa shape index (κ3) is 6.77. The SMILES string of the molecule is CCCCN(CCCC)C(=O)c1cn(CCC)nc1S(=O)(=O)N1CCN(c2ccc(Cl)cc2)CC1. The van der Waals surface area contributed by atoms with Crippen molar-refractivity contribution >= 4 is 33.2 Å². The topological polar surface area (TPSA) is 78.8 Å². The van der Waals surface area contributed by atoms with E-state index in [1.165, 1.54) is 4.31 Å². The number of anilines is 1. The van der Waals surface area contributed by atoms with Crippen LogP contribution < -0.4 is 4.90 Å². The fourth-order valence-electron chi connectivity index (χ4n) is 4.23. The van der Waals surface area contributed by atoms with Crippen LogP contribution in [0.15, 0.2) is 35.5 Å². The van der Waals surface area contributed by atoms with E-state index < -0.39 is 10.0 Å². The Bertz CT molecular complexity index is 1060. The number of carbonyl (C=O) groups excluding carboxylic acids is 1. The Morgan fingerprint density at radius 3 is 2.11 bits per heavy atom. The molecule has 1 aliphatic heterocycles. The summed E-state index contributed by atoms with van der Waals surface area (Å²) in [5.41, 5.74) is 1.20. The van der Waals surface area contributed by atoms with E-state index in [-0.39, 0.29) is 16.5 Å². The molecule has 3 rings (SSSR count). The van der Waals surface area contributed by atoms with Gasteiger partial charge in [0.15, 0.2) is 0 Å². The Labute approximate surface area is 214 Å². The third-order valence-corrected chi connectivity index (χ3v) is 8.36. The number of hydrogen-bond acceptors (Lipinski definition) is 5. The minimum Gasteiger partial charge on any atom is -0.369 e. The number of benzene rings is 1. The van der Waals surface area contributed by atoms with Gasteiger partial charge in [-0.2, -0.15) is 9.40 Å². The normalized spacial score (nSPS) is 14.9. The quantitative estimate of drug-likeness (QED) is 0.409. The van der Waals surface area contributed by atoms with E-state index in [2.05, 4.69) is 23.8 Å². The second kappa shape index (κ2) is 12.7. The Morgan fingerprint density at radius 1 is 0.971 bits per heavy atom. The summed E-state index contributed by atoms with van der Waals surface area (Å²) in [6.07, 6.45) is 6.11. The molecule has 10 heteroatoms. The van der Waals surface area contributed by atoms with Gasteiger partial charge >= 0.3 is 0 Å². The fraction of sp³-hybridized carbons (Fsp3) is 0.600. The molecule has 0 spiro atoms. The van der Waals surface area contributed by atoms with Crippen LogP contribution >= 0.6 is 11.6 Å². The van der Waals surface area contributed by atoms with E-state index in [1.807, 2.05) is 31.2 Å². The summed E-state index contributed by atoms with van der Waals surface area (Å²) in [4.78, 5) is 17.5. The van der Waals surface area contributed by atoms with E-state index in [1.54, 1.807) is 15.8 Å². The van der Waals surface area contributed by atoms with Crippen molar-refractivity contribution in [3.8, 4) is 0 Å². The number of aryl methyl sites for hydroxylation is 1. The van der Waals surface area contributed by atoms with Crippen molar-refractivity contribution in [3.63, 3.8) is 0 Å². The standard InChI is InChI=1S/C25H38ClN5O3S/c1-4-7-14-29(15-8-5-2)25(32)23-20-30(13-6-3)27-24(23)35(33,34)31-18-16-28(17-19-31)22-11-9-21(26)10-12-22/h9-12,20H,4-8,13-19H2,1-3H3. The van der Waals surface area contributed by atoms with E-state index >= 15 is 0 Å². The van der Waals surface area contributed by atoms with Crippen molar-refractivity contribution in [1.29, 1.82) is 0 Å². The van der Waals surface area contributed by atoms with Crippen molar-refractivity contribution < 1.29 is 13.2 Å². The zero-order valence-electron chi connectivity index (χ0n) is 21.1. The highest BCUT2D eigenvalue weighted by molar-refractivity contribution is 7.89. The average Bonchev–Trinajstić information content (AvgIpc) is 3.29. The van der Waals surface area contributed by atoms with Gasteiger partial charge in [0, 0.05) is 62.7 Å². The van der Waals surface area contributed by atoms with Crippen LogP contribution in [0.1, 0.15) is 63.2 Å². The number of amides is 1. The van der Waals surface area contributed by atoms with Crippen LogP contribution in [-0.4, -0.2) is 72.6 Å². The first kappa shape index (κ1) is 27.5. The molecule has 0 aliphatic carbocycles. The van der Waals surface area contributed by atoms with Crippen LogP contribution in [0.25, 0.3) is 0 Å². The number of nitrogens with zero attached hydrogens (tertiary/aromatic N) is 5. The minimum atomic E-state index is -3.92. The molecule has 0 unspecified atom stereocenters. The van der Waals surface area contributed by atoms with Gasteiger partial charge in [-0.15, -0.1) is 0 Å². The smallest absolute Gasteiger partial charge is 0.263 e. The van der Waals surface area contributed by atoms with Gasteiger partial charge in [-0.1, -0.05) is 45.2 Å². The molecule has 1 fully saturated rings. The molecule has 0 saturated carbocycles. The summed E-state index contributed by atoms with van der Waals surface area (Å²) >= 11 is 6.00. The summed E-state index contributed by atoms with van der Waals surface area (Å²) in [6.45, 7) is 9.73. The lowest BCUT2D eigenvalue weighted by molar-refractivity contribution is 0.0747. The number of hydrogen-bond donors (Lipinski definition) is 0. The van der Waals surface area contributed by atoms with Gasteiger partial charge in [-0.05, 0) is 43.5 Å². The number of aromatic nitrogens is 2. The maximum Gasteiger partial charge on any atom is 0.263 e. The molecule has 1 aromatic carbocycles. The van der Waals surface area contributed by atoms with E-state index in [0.717, 1.165) is 37.8 Å². The van der Waals surface area contributed by atoms with Gasteiger partial charge in [0.1, 0.15) is 0 Å². The van der Waals surface area contributed by atoms with Crippen LogP contribution in [0.4, 0.5) is 5.69 Å². The van der Waals surface area contributed by atoms with E-state index in [9.17, 15) is 13.2 Å². The lowest BCUT2D eigenvalue weighted by Gasteiger charge is -2.35. The number of unbranched alkanes of at least 4 members (excludes halogenated alkanes) is 2. The molecule has 194 valence electrons. The van der Waals surface area contributed by atoms with Crippen LogP contribution in [0.2, 0.25) is 5.02 Å². The molecular formula is C25H38ClN5O3S. The number of carbonyl (C=O) groups is 1. The second-order valence-corrected chi connectivity index (χ2v) is 11.3. The Hall–Kier alpha value is -2.10. The summed E-state index contributed by atoms with van der Waals surface area (Å²) in [5, 5.41) is 4.96.